The summed E-state index contributed by atoms with van der Waals surface area (Å²) in [5.41, 5.74) is 0.539. The number of benzene rings is 1. The molecule has 0 heterocycles. The standard InChI is InChI=1S/C10H12Cl2INO2S/c1-7(5-11)6-17(15,16)14-10-3-2-8(12)4-9(10)13/h2-4,7,14H,5-6H2,1H3. The summed E-state index contributed by atoms with van der Waals surface area (Å²) in [6, 6.07) is 4.99. The minimum Gasteiger partial charge on any atom is -0.282 e. The fourth-order valence-corrected chi connectivity index (χ4v) is 4.09. The lowest BCUT2D eigenvalue weighted by Gasteiger charge is -2.12. The van der Waals surface area contributed by atoms with Crippen LogP contribution in [0.15, 0.2) is 18.2 Å². The van der Waals surface area contributed by atoms with E-state index < -0.39 is 10.0 Å². The zero-order valence-electron chi connectivity index (χ0n) is 9.08. The quantitative estimate of drug-likeness (QED) is 0.599. The van der Waals surface area contributed by atoms with Gasteiger partial charge in [-0.25, -0.2) is 8.42 Å². The van der Waals surface area contributed by atoms with E-state index in [2.05, 4.69) is 4.72 Å². The van der Waals surface area contributed by atoms with Crippen LogP contribution in [0.2, 0.25) is 5.02 Å². The van der Waals surface area contributed by atoms with Crippen molar-refractivity contribution in [1.82, 2.24) is 0 Å². The van der Waals surface area contributed by atoms with Crippen LogP contribution in [-0.4, -0.2) is 20.1 Å². The predicted molar refractivity (Wildman–Crippen MR) is 81.5 cm³/mol. The van der Waals surface area contributed by atoms with Crippen LogP contribution < -0.4 is 4.72 Å². The molecule has 1 aromatic carbocycles. The van der Waals surface area contributed by atoms with E-state index in [9.17, 15) is 8.42 Å². The fraction of sp³-hybridized carbons (Fsp3) is 0.400. The molecule has 0 amide bonds. The Morgan fingerprint density at radius 3 is 2.65 bits per heavy atom. The summed E-state index contributed by atoms with van der Waals surface area (Å²) in [6.07, 6.45) is 0. The van der Waals surface area contributed by atoms with Crippen molar-refractivity contribution < 1.29 is 8.42 Å². The molecule has 7 heteroatoms. The largest absolute Gasteiger partial charge is 0.282 e. The molecule has 0 saturated carbocycles. The number of nitrogens with one attached hydrogen (secondary N) is 1. The van der Waals surface area contributed by atoms with Crippen molar-refractivity contribution in [2.45, 2.75) is 6.92 Å². The first-order chi connectivity index (χ1) is 7.84. The minimum atomic E-state index is -3.36. The fourth-order valence-electron chi connectivity index (χ4n) is 1.20. The lowest BCUT2D eigenvalue weighted by molar-refractivity contribution is 0.588. The molecular weight excluding hydrogens is 396 g/mol. The van der Waals surface area contributed by atoms with E-state index >= 15 is 0 Å². The molecule has 0 bridgehead atoms. The second-order valence-corrected chi connectivity index (χ2v) is 7.44. The molecule has 17 heavy (non-hydrogen) atoms. The Morgan fingerprint density at radius 2 is 2.12 bits per heavy atom. The molecule has 0 fully saturated rings. The average molecular weight is 408 g/mol. The SMILES string of the molecule is CC(CCl)CS(=O)(=O)Nc1ccc(Cl)cc1I. The Bertz CT molecular complexity index is 493. The zero-order valence-corrected chi connectivity index (χ0v) is 13.6. The van der Waals surface area contributed by atoms with Crippen molar-refractivity contribution in [3.05, 3.63) is 26.8 Å². The van der Waals surface area contributed by atoms with Gasteiger partial charge in [-0.2, -0.15) is 0 Å². The van der Waals surface area contributed by atoms with Gasteiger partial charge in [0.1, 0.15) is 0 Å². The van der Waals surface area contributed by atoms with Crippen molar-refractivity contribution >= 4 is 61.5 Å². The number of rotatable bonds is 5. The highest BCUT2D eigenvalue weighted by atomic mass is 127. The van der Waals surface area contributed by atoms with Gasteiger partial charge in [0.05, 0.1) is 11.4 Å². The van der Waals surface area contributed by atoms with Crippen LogP contribution in [0.4, 0.5) is 5.69 Å². The van der Waals surface area contributed by atoms with E-state index in [4.69, 9.17) is 23.2 Å². The van der Waals surface area contributed by atoms with Crippen LogP contribution in [0.25, 0.3) is 0 Å². The van der Waals surface area contributed by atoms with Gasteiger partial charge in [-0.05, 0) is 46.7 Å². The Morgan fingerprint density at radius 1 is 1.47 bits per heavy atom. The number of alkyl halides is 1. The molecular formula is C10H12Cl2INO2S. The average Bonchev–Trinajstić information content (AvgIpc) is 2.21. The van der Waals surface area contributed by atoms with Gasteiger partial charge >= 0.3 is 0 Å². The molecule has 0 aliphatic carbocycles. The van der Waals surface area contributed by atoms with E-state index in [-0.39, 0.29) is 11.7 Å². The molecule has 1 unspecified atom stereocenters. The topological polar surface area (TPSA) is 46.2 Å². The molecule has 0 aliphatic heterocycles. The first kappa shape index (κ1) is 15.3. The maximum absolute atomic E-state index is 11.8. The maximum atomic E-state index is 11.8. The molecule has 96 valence electrons. The molecule has 0 aromatic heterocycles. The number of sulfonamides is 1. The number of halogens is 3. The highest BCUT2D eigenvalue weighted by Crippen LogP contribution is 2.23. The monoisotopic (exact) mass is 407 g/mol. The number of hydrogen-bond donors (Lipinski definition) is 1. The maximum Gasteiger partial charge on any atom is 0.233 e. The first-order valence-electron chi connectivity index (χ1n) is 4.85. The van der Waals surface area contributed by atoms with Crippen molar-refractivity contribution in [2.75, 3.05) is 16.4 Å². The van der Waals surface area contributed by atoms with Crippen LogP contribution in [0.1, 0.15) is 6.92 Å². The molecule has 0 spiro atoms. The zero-order chi connectivity index (χ0) is 13.1. The van der Waals surface area contributed by atoms with E-state index in [0.717, 1.165) is 3.57 Å². The van der Waals surface area contributed by atoms with Crippen LogP contribution in [-0.2, 0) is 10.0 Å². The molecule has 0 saturated heterocycles. The molecule has 1 aromatic rings. The first-order valence-corrected chi connectivity index (χ1v) is 8.50. The molecule has 1 atom stereocenters. The molecule has 3 nitrogen and oxygen atoms in total. The van der Waals surface area contributed by atoms with Gasteiger partial charge in [-0.15, -0.1) is 11.6 Å². The summed E-state index contributed by atoms with van der Waals surface area (Å²) in [5.74, 6) is 0.243. The van der Waals surface area contributed by atoms with E-state index in [1.54, 1.807) is 25.1 Å². The van der Waals surface area contributed by atoms with Crippen LogP contribution >= 0.6 is 45.8 Å². The van der Waals surface area contributed by atoms with Gasteiger partial charge < -0.3 is 0 Å². The van der Waals surface area contributed by atoms with Gasteiger partial charge in [-0.3, -0.25) is 4.72 Å². The lowest BCUT2D eigenvalue weighted by atomic mass is 10.3. The summed E-state index contributed by atoms with van der Waals surface area (Å²) >= 11 is 13.4. The Labute approximate surface area is 125 Å². The Balaban J connectivity index is 2.83. The minimum absolute atomic E-state index is 0.00913. The van der Waals surface area contributed by atoms with Gasteiger partial charge in [0, 0.05) is 14.5 Å². The molecule has 0 aliphatic rings. The Hall–Kier alpha value is 0.280. The summed E-state index contributed by atoms with van der Waals surface area (Å²) < 4.78 is 26.9. The Kier molecular flexibility index (Phi) is 5.82. The van der Waals surface area contributed by atoms with Crippen molar-refractivity contribution in [2.24, 2.45) is 5.92 Å². The van der Waals surface area contributed by atoms with E-state index in [1.807, 2.05) is 22.6 Å². The molecule has 1 rings (SSSR count). The highest BCUT2D eigenvalue weighted by molar-refractivity contribution is 14.1. The van der Waals surface area contributed by atoms with Crippen molar-refractivity contribution in [3.8, 4) is 0 Å². The number of hydrogen-bond acceptors (Lipinski definition) is 2. The molecule has 1 N–H and O–H groups in total. The second kappa shape index (κ2) is 6.45. The van der Waals surface area contributed by atoms with Crippen LogP contribution in [0.3, 0.4) is 0 Å². The van der Waals surface area contributed by atoms with Crippen LogP contribution in [0, 0.1) is 9.49 Å². The third-order valence-corrected chi connectivity index (χ3v) is 5.16. The second-order valence-electron chi connectivity index (χ2n) is 3.77. The van der Waals surface area contributed by atoms with E-state index in [1.165, 1.54) is 0 Å². The molecule has 0 radical (unpaired) electrons. The lowest BCUT2D eigenvalue weighted by Crippen LogP contribution is -2.22. The van der Waals surface area contributed by atoms with E-state index in [0.29, 0.717) is 16.6 Å². The van der Waals surface area contributed by atoms with Gasteiger partial charge in [-0.1, -0.05) is 18.5 Å². The smallest absolute Gasteiger partial charge is 0.233 e. The van der Waals surface area contributed by atoms with Gasteiger partial charge in [0.15, 0.2) is 0 Å². The summed E-state index contributed by atoms with van der Waals surface area (Å²) in [7, 11) is -3.36. The van der Waals surface area contributed by atoms with Crippen molar-refractivity contribution in [3.63, 3.8) is 0 Å². The summed E-state index contributed by atoms with van der Waals surface area (Å²) in [5, 5.41) is 0.575. The summed E-state index contributed by atoms with van der Waals surface area (Å²) in [4.78, 5) is 0. The normalized spacial score (nSPS) is 13.4. The summed E-state index contributed by atoms with van der Waals surface area (Å²) in [6.45, 7) is 1.79. The van der Waals surface area contributed by atoms with Crippen molar-refractivity contribution in [1.29, 1.82) is 0 Å². The van der Waals surface area contributed by atoms with Gasteiger partial charge in [0.2, 0.25) is 10.0 Å². The third-order valence-electron chi connectivity index (χ3n) is 1.96. The number of anilines is 1. The predicted octanol–water partition coefficient (Wildman–Crippen LogP) is 3.56. The third kappa shape index (κ3) is 5.19. The van der Waals surface area contributed by atoms with Crippen LogP contribution in [0.5, 0.6) is 0 Å². The van der Waals surface area contributed by atoms with Gasteiger partial charge in [0.25, 0.3) is 0 Å². The highest BCUT2D eigenvalue weighted by Gasteiger charge is 2.16.